The van der Waals surface area contributed by atoms with Gasteiger partial charge in [-0.05, 0) is 52.9 Å². The third-order valence-corrected chi connectivity index (χ3v) is 6.68. The number of halogens is 2. The van der Waals surface area contributed by atoms with Crippen LogP contribution < -0.4 is 34.3 Å². The average molecular weight is 557 g/mol. The zero-order valence-electron chi connectivity index (χ0n) is 22.0. The number of carbonyl (C=O) groups is 1. The third-order valence-electron chi connectivity index (χ3n) is 6.05. The quantitative estimate of drug-likeness (QED) is 0.271. The molecule has 0 aliphatic heterocycles. The number of rotatable bonds is 7. The first-order valence-corrected chi connectivity index (χ1v) is 12.4. The van der Waals surface area contributed by atoms with Crippen LogP contribution >= 0.6 is 23.2 Å². The summed E-state index contributed by atoms with van der Waals surface area (Å²) in [6.07, 6.45) is 1.58. The zero-order valence-corrected chi connectivity index (χ0v) is 24.5. The normalized spacial score (nSPS) is 11.0. The molecule has 6 nitrogen and oxygen atoms in total. The van der Waals surface area contributed by atoms with Crippen molar-refractivity contribution in [3.05, 3.63) is 100.0 Å². The van der Waals surface area contributed by atoms with Gasteiger partial charge in [-0.2, -0.15) is 0 Å². The van der Waals surface area contributed by atoms with Crippen molar-refractivity contribution < 1.29 is 50.1 Å². The molecule has 38 heavy (non-hydrogen) atoms. The van der Waals surface area contributed by atoms with E-state index < -0.39 is 5.97 Å². The Morgan fingerprint density at radius 3 is 2.34 bits per heavy atom. The summed E-state index contributed by atoms with van der Waals surface area (Å²) in [5.41, 5.74) is 4.00. The first kappa shape index (κ1) is 28.1. The predicted molar refractivity (Wildman–Crippen MR) is 146 cm³/mol. The maximum Gasteiger partial charge on any atom is 1.00 e. The monoisotopic (exact) mass is 556 g/mol. The SMILES string of the molecule is CC(C)c1onc(-c2c(Cl)cccc2Cl)c1COc1ccc(-c2ccc3cc(C(=O)O)ncc3c2)cc1.[H-].[Na+]. The van der Waals surface area contributed by atoms with E-state index in [9.17, 15) is 4.79 Å². The molecule has 0 saturated heterocycles. The van der Waals surface area contributed by atoms with Gasteiger partial charge in [-0.25, -0.2) is 9.78 Å². The van der Waals surface area contributed by atoms with Gasteiger partial charge in [-0.15, -0.1) is 0 Å². The van der Waals surface area contributed by atoms with Crippen molar-refractivity contribution in [1.82, 2.24) is 10.1 Å². The molecule has 0 aliphatic rings. The van der Waals surface area contributed by atoms with Crippen LogP contribution in [-0.2, 0) is 6.61 Å². The molecule has 5 rings (SSSR count). The van der Waals surface area contributed by atoms with Crippen molar-refractivity contribution in [2.75, 3.05) is 0 Å². The van der Waals surface area contributed by atoms with Crippen molar-refractivity contribution in [3.63, 3.8) is 0 Å². The van der Waals surface area contributed by atoms with Crippen LogP contribution in [0.1, 0.15) is 43.0 Å². The summed E-state index contributed by atoms with van der Waals surface area (Å²) in [7, 11) is 0. The van der Waals surface area contributed by atoms with Crippen LogP contribution in [0.5, 0.6) is 5.75 Å². The van der Waals surface area contributed by atoms with Gasteiger partial charge in [0.1, 0.15) is 29.5 Å². The van der Waals surface area contributed by atoms with Crippen LogP contribution in [0, 0.1) is 0 Å². The van der Waals surface area contributed by atoms with E-state index in [0.717, 1.165) is 33.2 Å². The fourth-order valence-corrected chi connectivity index (χ4v) is 4.75. The van der Waals surface area contributed by atoms with Crippen LogP contribution in [0.2, 0.25) is 10.0 Å². The Bertz CT molecular complexity index is 1600. The van der Waals surface area contributed by atoms with Crippen molar-refractivity contribution in [3.8, 4) is 28.1 Å². The molecule has 0 radical (unpaired) electrons. The second-order valence-corrected chi connectivity index (χ2v) is 9.69. The topological polar surface area (TPSA) is 85.5 Å². The Morgan fingerprint density at radius 2 is 1.68 bits per heavy atom. The van der Waals surface area contributed by atoms with Crippen molar-refractivity contribution in [1.29, 1.82) is 0 Å². The van der Waals surface area contributed by atoms with Crippen molar-refractivity contribution in [2.45, 2.75) is 26.4 Å². The molecule has 0 saturated carbocycles. The van der Waals surface area contributed by atoms with Crippen molar-refractivity contribution in [2.24, 2.45) is 0 Å². The number of carboxylic acid groups (broad SMARTS) is 1. The Hall–Kier alpha value is -2.87. The number of aromatic carboxylic acids is 1. The molecule has 3 aromatic carbocycles. The van der Waals surface area contributed by atoms with Gasteiger partial charge in [0, 0.05) is 23.1 Å². The fourth-order valence-electron chi connectivity index (χ4n) is 4.17. The molecule has 188 valence electrons. The van der Waals surface area contributed by atoms with Crippen LogP contribution in [0.15, 0.2) is 77.4 Å². The number of pyridine rings is 1. The van der Waals surface area contributed by atoms with Gasteiger partial charge < -0.3 is 15.8 Å². The predicted octanol–water partition coefficient (Wildman–Crippen LogP) is 5.38. The minimum atomic E-state index is -1.05. The smallest absolute Gasteiger partial charge is 1.00 e. The Labute approximate surface area is 253 Å². The summed E-state index contributed by atoms with van der Waals surface area (Å²) in [5.74, 6) is 0.454. The standard InChI is InChI=1S/C29H22Cl2N2O4.Na.H/c1-16(2)28-22(27(33-37-28)26-23(30)4-3-5-24(26)31)15-36-21-10-8-17(9-11-21)18-6-7-19-13-25(29(34)35)32-14-20(19)12-18;;/h3-14,16H,15H2,1-2H3,(H,34,35);;/q;+1;-1. The van der Waals surface area contributed by atoms with Gasteiger partial charge in [0.15, 0.2) is 0 Å². The molecular weight excluding hydrogens is 534 g/mol. The molecule has 0 amide bonds. The fraction of sp³-hybridized carbons (Fsp3) is 0.138. The maximum absolute atomic E-state index is 11.2. The Balaban J connectivity index is 0.00000210. The van der Waals surface area contributed by atoms with Crippen LogP contribution in [0.4, 0.5) is 0 Å². The minimum Gasteiger partial charge on any atom is -1.00 e. The van der Waals surface area contributed by atoms with Gasteiger partial charge in [-0.3, -0.25) is 0 Å². The number of nitrogens with zero attached hydrogens (tertiary/aromatic N) is 2. The molecule has 2 aromatic heterocycles. The second-order valence-electron chi connectivity index (χ2n) is 8.88. The Kier molecular flexibility index (Phi) is 8.81. The average Bonchev–Trinajstić information content (AvgIpc) is 3.31. The summed E-state index contributed by atoms with van der Waals surface area (Å²) >= 11 is 12.9. The molecule has 9 heteroatoms. The molecule has 0 fully saturated rings. The molecule has 1 N–H and O–H groups in total. The summed E-state index contributed by atoms with van der Waals surface area (Å²) < 4.78 is 11.8. The zero-order chi connectivity index (χ0) is 26.1. The molecule has 0 bridgehead atoms. The van der Waals surface area contributed by atoms with E-state index >= 15 is 0 Å². The van der Waals surface area contributed by atoms with Gasteiger partial charge in [0.2, 0.25) is 0 Å². The molecule has 0 unspecified atom stereocenters. The van der Waals surface area contributed by atoms with Crippen LogP contribution in [-0.4, -0.2) is 21.2 Å². The van der Waals surface area contributed by atoms with E-state index in [1.165, 1.54) is 0 Å². The molecular formula is C29H23Cl2N2NaO4. The number of benzene rings is 3. The molecule has 5 aromatic rings. The van der Waals surface area contributed by atoms with E-state index in [0.29, 0.717) is 27.1 Å². The summed E-state index contributed by atoms with van der Waals surface area (Å²) in [6.45, 7) is 4.29. The summed E-state index contributed by atoms with van der Waals surface area (Å²) in [5, 5.41) is 16.1. The maximum atomic E-state index is 11.2. The molecule has 2 heterocycles. The number of ether oxygens (including phenoxy) is 1. The molecule has 0 aliphatic carbocycles. The van der Waals surface area contributed by atoms with Gasteiger partial charge >= 0.3 is 35.5 Å². The number of fused-ring (bicyclic) bond motifs is 1. The van der Waals surface area contributed by atoms with E-state index in [2.05, 4.69) is 10.1 Å². The van der Waals surface area contributed by atoms with E-state index in [1.807, 2.05) is 56.3 Å². The largest absolute Gasteiger partial charge is 1.00 e. The number of hydrogen-bond donors (Lipinski definition) is 1. The molecule has 0 spiro atoms. The molecule has 0 atom stereocenters. The van der Waals surface area contributed by atoms with E-state index in [4.69, 9.17) is 37.6 Å². The minimum absolute atomic E-state index is 0. The van der Waals surface area contributed by atoms with Gasteiger partial charge in [0.25, 0.3) is 0 Å². The number of hydrogen-bond acceptors (Lipinski definition) is 5. The van der Waals surface area contributed by atoms with E-state index in [-0.39, 0.29) is 49.2 Å². The summed E-state index contributed by atoms with van der Waals surface area (Å²) in [4.78, 5) is 15.2. The summed E-state index contributed by atoms with van der Waals surface area (Å²) in [6, 6.07) is 20.5. The van der Waals surface area contributed by atoms with Crippen LogP contribution in [0.25, 0.3) is 33.2 Å². The second kappa shape index (κ2) is 11.9. The first-order chi connectivity index (χ1) is 17.8. The van der Waals surface area contributed by atoms with Gasteiger partial charge in [0.05, 0.1) is 15.6 Å². The Morgan fingerprint density at radius 1 is 1.00 bits per heavy atom. The first-order valence-electron chi connectivity index (χ1n) is 11.6. The number of carboxylic acids is 1. The third kappa shape index (κ3) is 5.75. The number of aromatic nitrogens is 2. The van der Waals surface area contributed by atoms with Crippen LogP contribution in [0.3, 0.4) is 0 Å². The van der Waals surface area contributed by atoms with Crippen molar-refractivity contribution >= 4 is 39.9 Å². The van der Waals surface area contributed by atoms with E-state index in [1.54, 1.807) is 30.5 Å². The van der Waals surface area contributed by atoms with Gasteiger partial charge in [-0.1, -0.05) is 72.5 Å².